The molecule has 216 valence electrons. The molecule has 10 heteroatoms. The zero-order valence-electron chi connectivity index (χ0n) is 24.2. The number of aromatic nitrogens is 1. The molecule has 0 aliphatic carbocycles. The van der Waals surface area contributed by atoms with Gasteiger partial charge in [0.1, 0.15) is 12.3 Å². The molecule has 40 heavy (non-hydrogen) atoms. The van der Waals surface area contributed by atoms with Crippen molar-refractivity contribution >= 4 is 27.7 Å². The van der Waals surface area contributed by atoms with Gasteiger partial charge in [0.15, 0.2) is 11.9 Å². The van der Waals surface area contributed by atoms with Gasteiger partial charge in [-0.05, 0) is 31.9 Å². The summed E-state index contributed by atoms with van der Waals surface area (Å²) in [5, 5.41) is 3.82. The molecule has 0 saturated heterocycles. The molecule has 1 heterocycles. The summed E-state index contributed by atoms with van der Waals surface area (Å²) in [5.41, 5.74) is 8.48. The third-order valence-corrected chi connectivity index (χ3v) is 8.84. The van der Waals surface area contributed by atoms with Gasteiger partial charge in [0.05, 0.1) is 18.4 Å². The quantitative estimate of drug-likeness (QED) is 0.211. The van der Waals surface area contributed by atoms with Crippen LogP contribution in [0.2, 0.25) is 0 Å². The highest BCUT2D eigenvalue weighted by atomic mass is 32.2. The van der Waals surface area contributed by atoms with E-state index in [0.717, 1.165) is 24.8 Å². The van der Waals surface area contributed by atoms with Gasteiger partial charge in [-0.15, -0.1) is 0 Å². The number of quaternary nitrogens is 1. The minimum atomic E-state index is -3.96. The fraction of sp³-hybridized carbons (Fsp3) is 0.433. The normalized spacial score (nSPS) is 14.1. The van der Waals surface area contributed by atoms with Crippen LogP contribution in [0.1, 0.15) is 63.3 Å². The Kier molecular flexibility index (Phi) is 9.92. The molecule has 9 nitrogen and oxygen atoms in total. The first kappa shape index (κ1) is 31.0. The second-order valence-electron chi connectivity index (χ2n) is 10.9. The number of sulfonamides is 1. The van der Waals surface area contributed by atoms with E-state index in [1.54, 1.807) is 39.1 Å². The van der Waals surface area contributed by atoms with Gasteiger partial charge in [0.2, 0.25) is 0 Å². The highest BCUT2D eigenvalue weighted by Gasteiger charge is 2.45. The lowest BCUT2D eigenvalue weighted by Gasteiger charge is -2.39. The summed E-state index contributed by atoms with van der Waals surface area (Å²) >= 11 is 0. The van der Waals surface area contributed by atoms with Crippen LogP contribution in [0.3, 0.4) is 0 Å². The topological polar surface area (TPSA) is 132 Å². The summed E-state index contributed by atoms with van der Waals surface area (Å²) in [5.74, 6) is 0.0426. The average Bonchev–Trinajstić information content (AvgIpc) is 3.20. The molecule has 3 N–H and O–H groups in total. The summed E-state index contributed by atoms with van der Waals surface area (Å²) < 4.78 is 34.2. The number of benzene rings is 2. The predicted octanol–water partition coefficient (Wildman–Crippen LogP) is 5.32. The molecule has 0 aliphatic rings. The molecule has 3 rings (SSSR count). The van der Waals surface area contributed by atoms with E-state index in [1.807, 2.05) is 38.1 Å². The van der Waals surface area contributed by atoms with Crippen LogP contribution in [0.4, 0.5) is 5.82 Å². The zero-order chi connectivity index (χ0) is 29.7. The fourth-order valence-electron chi connectivity index (χ4n) is 5.19. The van der Waals surface area contributed by atoms with Gasteiger partial charge in [0.25, 0.3) is 15.9 Å². The number of amides is 2. The third kappa shape index (κ3) is 6.79. The number of carbonyl (C=O) groups is 2. The third-order valence-electron chi connectivity index (χ3n) is 7.44. The van der Waals surface area contributed by atoms with Crippen molar-refractivity contribution in [2.24, 2.45) is 11.7 Å². The zero-order valence-corrected chi connectivity index (χ0v) is 25.0. The Bertz CT molecular complexity index is 1450. The number of likely N-dealkylation sites (N-methyl/N-ethyl adjacent to an activating group) is 1. The van der Waals surface area contributed by atoms with E-state index >= 15 is 0 Å². The number of rotatable bonds is 13. The van der Waals surface area contributed by atoms with Gasteiger partial charge >= 0.3 is 5.91 Å². The molecule has 0 fully saturated rings. The molecule has 1 unspecified atom stereocenters. The number of hydrogen-bond acceptors (Lipinski definition) is 6. The summed E-state index contributed by atoms with van der Waals surface area (Å²) in [4.78, 5) is 26.1. The van der Waals surface area contributed by atoms with Crippen LogP contribution in [0, 0.1) is 19.8 Å². The second-order valence-corrected chi connectivity index (χ2v) is 12.5. The van der Waals surface area contributed by atoms with Crippen molar-refractivity contribution in [3.8, 4) is 11.1 Å². The van der Waals surface area contributed by atoms with Crippen molar-refractivity contribution < 1.29 is 27.0 Å². The van der Waals surface area contributed by atoms with E-state index in [-0.39, 0.29) is 27.0 Å². The van der Waals surface area contributed by atoms with E-state index < -0.39 is 22.0 Å². The minimum Gasteiger partial charge on any atom is -0.364 e. The van der Waals surface area contributed by atoms with Crippen molar-refractivity contribution in [2.45, 2.75) is 77.8 Å². The van der Waals surface area contributed by atoms with E-state index in [9.17, 15) is 18.0 Å². The molecule has 2 amide bonds. The minimum absolute atomic E-state index is 0.0177. The second kappa shape index (κ2) is 12.8. The first-order chi connectivity index (χ1) is 18.8. The van der Waals surface area contributed by atoms with Gasteiger partial charge in [0, 0.05) is 22.6 Å². The lowest BCUT2D eigenvalue weighted by atomic mass is 9.96. The summed E-state index contributed by atoms with van der Waals surface area (Å²) in [6.45, 7) is 9.63. The molecule has 3 aromatic rings. The molecule has 2 aromatic carbocycles. The van der Waals surface area contributed by atoms with Crippen LogP contribution < -0.4 is 10.5 Å². The Morgan fingerprint density at radius 1 is 1.05 bits per heavy atom. The molecule has 2 atom stereocenters. The molecule has 0 aliphatic heterocycles. The predicted molar refractivity (Wildman–Crippen MR) is 156 cm³/mol. The van der Waals surface area contributed by atoms with Gasteiger partial charge < -0.3 is 10.3 Å². The summed E-state index contributed by atoms with van der Waals surface area (Å²) in [6.07, 6.45) is 3.07. The highest BCUT2D eigenvalue weighted by Crippen LogP contribution is 2.31. The van der Waals surface area contributed by atoms with Crippen LogP contribution in [0.15, 0.2) is 57.9 Å². The monoisotopic (exact) mass is 569 g/mol. The van der Waals surface area contributed by atoms with E-state index in [0.29, 0.717) is 35.4 Å². The maximum absolute atomic E-state index is 13.5. The van der Waals surface area contributed by atoms with Crippen molar-refractivity contribution in [1.82, 2.24) is 5.16 Å². The number of hydrogen-bond donors (Lipinski definition) is 2. The van der Waals surface area contributed by atoms with Crippen LogP contribution >= 0.6 is 0 Å². The molecule has 0 radical (unpaired) electrons. The molecular formula is C30H41N4O5S+. The largest absolute Gasteiger partial charge is 0.364 e. The van der Waals surface area contributed by atoms with Crippen molar-refractivity contribution in [3.63, 3.8) is 0 Å². The number of aryl methyl sites for hydroxylation is 1. The van der Waals surface area contributed by atoms with Gasteiger partial charge in [-0.3, -0.25) is 9.52 Å². The number of unbranched alkanes of at least 4 members (excludes halogenated alkanes) is 2. The van der Waals surface area contributed by atoms with Gasteiger partial charge in [-0.1, -0.05) is 81.2 Å². The van der Waals surface area contributed by atoms with Gasteiger partial charge in [-0.2, -0.15) is 0 Å². The number of nitrogens with one attached hydrogen (secondary N) is 1. The Hall–Kier alpha value is -3.50. The fourth-order valence-corrected chi connectivity index (χ4v) is 6.48. The van der Waals surface area contributed by atoms with Gasteiger partial charge in [-0.25, -0.2) is 17.7 Å². The van der Waals surface area contributed by atoms with Crippen LogP contribution in [0.5, 0.6) is 0 Å². The van der Waals surface area contributed by atoms with Crippen molar-refractivity contribution in [1.29, 1.82) is 0 Å². The molecule has 0 bridgehead atoms. The van der Waals surface area contributed by atoms with Crippen molar-refractivity contribution in [2.75, 3.05) is 11.8 Å². The molecular weight excluding hydrogens is 528 g/mol. The smallest absolute Gasteiger partial charge is 0.314 e. The number of anilines is 1. The average molecular weight is 570 g/mol. The SMILES string of the molecule is CCCCCC(=O)[N+](C)(Cc1ccc(-c2ccccc2S(=O)(=O)Nc2noc(C)c2C)cc1)[C@H](C(N)=O)C(C)C. The summed E-state index contributed by atoms with van der Waals surface area (Å²) in [6, 6.07) is 13.4. The van der Waals surface area contributed by atoms with Crippen molar-refractivity contribution in [3.05, 3.63) is 65.4 Å². The Labute approximate surface area is 237 Å². The Morgan fingerprint density at radius 3 is 2.25 bits per heavy atom. The van der Waals surface area contributed by atoms with Crippen LogP contribution in [-0.2, 0) is 26.2 Å². The molecule has 0 spiro atoms. The number of primary amides is 1. The lowest BCUT2D eigenvalue weighted by Crippen LogP contribution is -2.62. The maximum Gasteiger partial charge on any atom is 0.314 e. The molecule has 1 aromatic heterocycles. The van der Waals surface area contributed by atoms with Crippen LogP contribution in [0.25, 0.3) is 11.1 Å². The van der Waals surface area contributed by atoms with E-state index in [2.05, 4.69) is 16.8 Å². The Balaban J connectivity index is 1.94. The number of nitrogens with zero attached hydrogens (tertiary/aromatic N) is 2. The van der Waals surface area contributed by atoms with Crippen LogP contribution in [-0.4, -0.2) is 43.0 Å². The standard InChI is InChI=1S/C30H40N4O5S/c1-7-8-9-14-27(35)34(6,28(20(2)3)29(31)36)19-23-15-17-24(18-16-23)25-12-10-11-13-26(25)40(37,38)33-30-21(4)22(5)39-32-30/h10-13,15-18,20,28H,7-9,14,19H2,1-6H3,(H2-,31,32,33,36)/p+1/t28-,34?/m0/s1. The first-order valence-electron chi connectivity index (χ1n) is 13.6. The highest BCUT2D eigenvalue weighted by molar-refractivity contribution is 7.92. The van der Waals surface area contributed by atoms with E-state index in [1.165, 1.54) is 6.07 Å². The molecule has 0 saturated carbocycles. The number of carbonyl (C=O) groups excluding carboxylic acids is 2. The summed E-state index contributed by atoms with van der Waals surface area (Å²) in [7, 11) is -2.17. The lowest BCUT2D eigenvalue weighted by molar-refractivity contribution is -0.868. The number of nitrogens with two attached hydrogens (primary N) is 1. The van der Waals surface area contributed by atoms with E-state index in [4.69, 9.17) is 10.3 Å². The Morgan fingerprint density at radius 2 is 1.70 bits per heavy atom. The first-order valence-corrected chi connectivity index (χ1v) is 15.1. The maximum atomic E-state index is 13.5.